The van der Waals surface area contributed by atoms with E-state index in [1.54, 1.807) is 6.92 Å². The predicted molar refractivity (Wildman–Crippen MR) is 84.6 cm³/mol. The lowest BCUT2D eigenvalue weighted by Gasteiger charge is -2.03. The van der Waals surface area contributed by atoms with E-state index in [2.05, 4.69) is 29.2 Å². The number of benzene rings is 1. The minimum atomic E-state index is 0. The molecule has 0 aliphatic carbocycles. The van der Waals surface area contributed by atoms with Crippen molar-refractivity contribution >= 4 is 18.2 Å². The van der Waals surface area contributed by atoms with Crippen LogP contribution in [0.5, 0.6) is 0 Å². The van der Waals surface area contributed by atoms with E-state index in [0.717, 1.165) is 18.4 Å². The fourth-order valence-electron chi connectivity index (χ4n) is 2.11. The second-order valence-electron chi connectivity index (χ2n) is 4.82. The van der Waals surface area contributed by atoms with Crippen LogP contribution >= 0.6 is 12.4 Å². The number of halogens is 1. The van der Waals surface area contributed by atoms with E-state index in [1.165, 1.54) is 24.0 Å². The number of pyridine rings is 1. The van der Waals surface area contributed by atoms with Gasteiger partial charge in [-0.25, -0.2) is 0 Å². The lowest BCUT2D eigenvalue weighted by Crippen LogP contribution is -1.93. The molecule has 2 rings (SSSR count). The summed E-state index contributed by atoms with van der Waals surface area (Å²) in [6.07, 6.45) is 8.21. The molecule has 0 spiro atoms. The normalized spacial score (nSPS) is 9.85. The summed E-state index contributed by atoms with van der Waals surface area (Å²) in [7, 11) is 0. The number of carbonyl (C=O) groups excluding carboxylic acids is 1. The zero-order valence-corrected chi connectivity index (χ0v) is 12.5. The Morgan fingerprint density at radius 1 is 0.900 bits per heavy atom. The molecular weight excluding hydrogens is 270 g/mol. The number of nitrogens with zero attached hydrogens (tertiary/aromatic N) is 1. The van der Waals surface area contributed by atoms with Crippen LogP contribution in [0.25, 0.3) is 0 Å². The molecule has 0 fully saturated rings. The topological polar surface area (TPSA) is 30.0 Å². The van der Waals surface area contributed by atoms with Gasteiger partial charge < -0.3 is 0 Å². The molecular formula is C17H20ClNO. The van der Waals surface area contributed by atoms with E-state index in [4.69, 9.17) is 0 Å². The molecule has 0 N–H and O–H groups in total. The summed E-state index contributed by atoms with van der Waals surface area (Å²) in [5.41, 5.74) is 3.45. The minimum absolute atomic E-state index is 0. The van der Waals surface area contributed by atoms with E-state index >= 15 is 0 Å². The van der Waals surface area contributed by atoms with Crippen LogP contribution in [0.15, 0.2) is 48.8 Å². The van der Waals surface area contributed by atoms with Crippen molar-refractivity contribution in [2.45, 2.75) is 32.6 Å². The summed E-state index contributed by atoms with van der Waals surface area (Å²) < 4.78 is 0. The predicted octanol–water partition coefficient (Wildman–Crippen LogP) is 4.27. The van der Waals surface area contributed by atoms with E-state index < -0.39 is 0 Å². The van der Waals surface area contributed by atoms with Gasteiger partial charge in [0.05, 0.1) is 0 Å². The molecule has 0 aliphatic heterocycles. The van der Waals surface area contributed by atoms with Gasteiger partial charge in [-0.2, -0.15) is 0 Å². The zero-order valence-electron chi connectivity index (χ0n) is 11.7. The first kappa shape index (κ1) is 16.4. The first-order valence-electron chi connectivity index (χ1n) is 6.74. The van der Waals surface area contributed by atoms with Gasteiger partial charge >= 0.3 is 0 Å². The highest BCUT2D eigenvalue weighted by Crippen LogP contribution is 2.10. The average Bonchev–Trinajstić information content (AvgIpc) is 2.45. The molecule has 1 aromatic carbocycles. The standard InChI is InChI=1S/C17H19NO.ClH/c1-14(19)17-8-6-15(7-9-17)4-2-3-5-16-10-12-18-13-11-16;/h6-13H,2-5H2,1H3;1H. The highest BCUT2D eigenvalue weighted by molar-refractivity contribution is 5.93. The number of unbranched alkanes of at least 4 members (excludes halogenated alkanes) is 1. The maximum absolute atomic E-state index is 11.2. The van der Waals surface area contributed by atoms with Crippen molar-refractivity contribution in [3.63, 3.8) is 0 Å². The van der Waals surface area contributed by atoms with Crippen molar-refractivity contribution in [2.75, 3.05) is 0 Å². The number of Topliss-reactive ketones (excluding diaryl/α,β-unsaturated/α-hetero) is 1. The van der Waals surface area contributed by atoms with Gasteiger partial charge in [-0.1, -0.05) is 24.3 Å². The third-order valence-corrected chi connectivity index (χ3v) is 3.29. The summed E-state index contributed by atoms with van der Waals surface area (Å²) in [4.78, 5) is 15.2. The summed E-state index contributed by atoms with van der Waals surface area (Å²) in [5, 5.41) is 0. The highest BCUT2D eigenvalue weighted by Gasteiger charge is 1.99. The second kappa shape index (κ2) is 8.49. The number of aromatic nitrogens is 1. The Morgan fingerprint density at radius 2 is 1.40 bits per heavy atom. The summed E-state index contributed by atoms with van der Waals surface area (Å²) in [6, 6.07) is 12.1. The van der Waals surface area contributed by atoms with Gasteiger partial charge in [0, 0.05) is 18.0 Å². The van der Waals surface area contributed by atoms with Crippen LogP contribution in [0.1, 0.15) is 41.3 Å². The van der Waals surface area contributed by atoms with Crippen LogP contribution in [0.2, 0.25) is 0 Å². The molecule has 106 valence electrons. The first-order valence-corrected chi connectivity index (χ1v) is 6.74. The Hall–Kier alpha value is -1.67. The third kappa shape index (κ3) is 5.14. The van der Waals surface area contributed by atoms with Crippen molar-refractivity contribution < 1.29 is 4.79 Å². The molecule has 20 heavy (non-hydrogen) atoms. The van der Waals surface area contributed by atoms with Gasteiger partial charge in [0.25, 0.3) is 0 Å². The Labute approximate surface area is 126 Å². The van der Waals surface area contributed by atoms with Gasteiger partial charge in [-0.05, 0) is 55.9 Å². The maximum Gasteiger partial charge on any atom is 0.159 e. The molecule has 0 aliphatic rings. The molecule has 0 saturated heterocycles. The third-order valence-electron chi connectivity index (χ3n) is 3.29. The number of carbonyl (C=O) groups is 1. The number of hydrogen-bond donors (Lipinski definition) is 0. The van der Waals surface area contributed by atoms with Gasteiger partial charge in [0.15, 0.2) is 5.78 Å². The quantitative estimate of drug-likeness (QED) is 0.587. The maximum atomic E-state index is 11.2. The summed E-state index contributed by atoms with van der Waals surface area (Å²) >= 11 is 0. The highest BCUT2D eigenvalue weighted by atomic mass is 35.5. The molecule has 2 aromatic rings. The number of rotatable bonds is 6. The van der Waals surface area contributed by atoms with E-state index in [9.17, 15) is 4.79 Å². The number of aryl methyl sites for hydroxylation is 2. The molecule has 0 saturated carbocycles. The smallest absolute Gasteiger partial charge is 0.159 e. The Balaban J connectivity index is 0.00000200. The molecule has 1 heterocycles. The summed E-state index contributed by atoms with van der Waals surface area (Å²) in [6.45, 7) is 1.60. The Morgan fingerprint density at radius 3 is 1.90 bits per heavy atom. The summed E-state index contributed by atoms with van der Waals surface area (Å²) in [5.74, 6) is 0.129. The fraction of sp³-hybridized carbons (Fsp3) is 0.294. The van der Waals surface area contributed by atoms with Crippen LogP contribution < -0.4 is 0 Å². The van der Waals surface area contributed by atoms with Crippen molar-refractivity contribution in [3.8, 4) is 0 Å². The lowest BCUT2D eigenvalue weighted by molar-refractivity contribution is 0.101. The van der Waals surface area contributed by atoms with E-state index in [0.29, 0.717) is 0 Å². The van der Waals surface area contributed by atoms with Gasteiger partial charge in [0.2, 0.25) is 0 Å². The first-order chi connectivity index (χ1) is 9.25. The Kier molecular flexibility index (Phi) is 6.96. The monoisotopic (exact) mass is 289 g/mol. The second-order valence-corrected chi connectivity index (χ2v) is 4.82. The van der Waals surface area contributed by atoms with Crippen LogP contribution in [0.4, 0.5) is 0 Å². The largest absolute Gasteiger partial charge is 0.295 e. The van der Waals surface area contributed by atoms with Crippen molar-refractivity contribution in [1.82, 2.24) is 4.98 Å². The molecule has 1 aromatic heterocycles. The van der Waals surface area contributed by atoms with Crippen LogP contribution in [0.3, 0.4) is 0 Å². The molecule has 3 heteroatoms. The molecule has 0 radical (unpaired) electrons. The number of ketones is 1. The molecule has 0 atom stereocenters. The zero-order chi connectivity index (χ0) is 13.5. The molecule has 0 bridgehead atoms. The molecule has 2 nitrogen and oxygen atoms in total. The lowest BCUT2D eigenvalue weighted by atomic mass is 10.0. The van der Waals surface area contributed by atoms with Crippen LogP contribution in [-0.2, 0) is 12.8 Å². The molecule has 0 amide bonds. The molecule has 0 unspecified atom stereocenters. The van der Waals surface area contributed by atoms with Crippen LogP contribution in [0, 0.1) is 0 Å². The van der Waals surface area contributed by atoms with E-state index in [-0.39, 0.29) is 18.2 Å². The number of hydrogen-bond acceptors (Lipinski definition) is 2. The van der Waals surface area contributed by atoms with Gasteiger partial charge in [-0.15, -0.1) is 12.4 Å². The van der Waals surface area contributed by atoms with Crippen molar-refractivity contribution in [3.05, 3.63) is 65.5 Å². The average molecular weight is 290 g/mol. The van der Waals surface area contributed by atoms with Crippen LogP contribution in [-0.4, -0.2) is 10.8 Å². The Bertz CT molecular complexity index is 522. The van der Waals surface area contributed by atoms with Crippen molar-refractivity contribution in [2.24, 2.45) is 0 Å². The minimum Gasteiger partial charge on any atom is -0.295 e. The van der Waals surface area contributed by atoms with Gasteiger partial charge in [0.1, 0.15) is 0 Å². The van der Waals surface area contributed by atoms with Crippen molar-refractivity contribution in [1.29, 1.82) is 0 Å². The van der Waals surface area contributed by atoms with E-state index in [1.807, 2.05) is 24.5 Å². The fourth-order valence-corrected chi connectivity index (χ4v) is 2.11. The van der Waals surface area contributed by atoms with Gasteiger partial charge in [-0.3, -0.25) is 9.78 Å². The SMILES string of the molecule is CC(=O)c1ccc(CCCCc2ccncc2)cc1.Cl.